The van der Waals surface area contributed by atoms with E-state index in [0.717, 1.165) is 6.42 Å². The second-order valence-electron chi connectivity index (χ2n) is 2.94. The van der Waals surface area contributed by atoms with Crippen LogP contribution in [0.15, 0.2) is 62.2 Å². The van der Waals surface area contributed by atoms with E-state index in [9.17, 15) is 0 Å². The van der Waals surface area contributed by atoms with Crippen molar-refractivity contribution < 1.29 is 0 Å². The summed E-state index contributed by atoms with van der Waals surface area (Å²) in [5.74, 6) is 0. The Morgan fingerprint density at radius 1 is 1.00 bits per heavy atom. The van der Waals surface area contributed by atoms with Gasteiger partial charge in [-0.3, -0.25) is 0 Å². The van der Waals surface area contributed by atoms with Crippen molar-refractivity contribution in [3.63, 3.8) is 0 Å². The summed E-state index contributed by atoms with van der Waals surface area (Å²) in [5, 5.41) is 0. The number of rotatable bonds is 3. The van der Waals surface area contributed by atoms with Crippen molar-refractivity contribution >= 4 is 6.08 Å². The second-order valence-corrected chi connectivity index (χ2v) is 2.94. The Balaban J connectivity index is 0. The zero-order valence-electron chi connectivity index (χ0n) is 10.4. The molecule has 0 aliphatic carbocycles. The lowest BCUT2D eigenvalue weighted by Gasteiger charge is -1.85. The smallest absolute Gasteiger partial charge is 0.0263 e. The minimum Gasteiger partial charge on any atom is -0.0991 e. The summed E-state index contributed by atoms with van der Waals surface area (Å²) in [6.07, 6.45) is 7.39. The van der Waals surface area contributed by atoms with Gasteiger partial charge in [-0.25, -0.2) is 0 Å². The van der Waals surface area contributed by atoms with Crippen LogP contribution in [0.2, 0.25) is 0 Å². The normalized spacial score (nSPS) is 7.38. The number of benzene rings is 1. The molecular weight excluding hydrogens is 192 g/mol. The van der Waals surface area contributed by atoms with Gasteiger partial charge in [0.1, 0.15) is 0 Å². The number of allylic oxidation sites excluding steroid dienone is 2. The molecule has 0 spiro atoms. The van der Waals surface area contributed by atoms with Crippen molar-refractivity contribution in [2.45, 2.75) is 19.8 Å². The van der Waals surface area contributed by atoms with Gasteiger partial charge < -0.3 is 0 Å². The molecule has 0 atom stereocenters. The van der Waals surface area contributed by atoms with E-state index in [0.29, 0.717) is 0 Å². The van der Waals surface area contributed by atoms with Crippen molar-refractivity contribution in [2.24, 2.45) is 0 Å². The van der Waals surface area contributed by atoms with E-state index < -0.39 is 0 Å². The maximum Gasteiger partial charge on any atom is -0.0263 e. The SMILES string of the molecule is C=CC=C.C=Cc1ccccc1.[CH2]CCC. The molecule has 87 valence electrons. The Hall–Kier alpha value is -1.56. The van der Waals surface area contributed by atoms with Crippen LogP contribution in [0.5, 0.6) is 0 Å². The van der Waals surface area contributed by atoms with Gasteiger partial charge in [0.25, 0.3) is 0 Å². The molecule has 0 amide bonds. The van der Waals surface area contributed by atoms with E-state index in [1.54, 1.807) is 12.2 Å². The molecule has 0 heterocycles. The van der Waals surface area contributed by atoms with Crippen LogP contribution in [0.3, 0.4) is 0 Å². The number of unbranched alkanes of at least 4 members (excludes halogenated alkanes) is 1. The van der Waals surface area contributed by atoms with Crippen LogP contribution in [0.25, 0.3) is 6.08 Å². The van der Waals surface area contributed by atoms with Gasteiger partial charge >= 0.3 is 0 Å². The minimum absolute atomic E-state index is 1.07. The van der Waals surface area contributed by atoms with E-state index in [4.69, 9.17) is 0 Å². The second kappa shape index (κ2) is 15.9. The van der Waals surface area contributed by atoms with Crippen LogP contribution >= 0.6 is 0 Å². The Bertz CT molecular complexity index is 249. The maximum atomic E-state index is 3.63. The van der Waals surface area contributed by atoms with Crippen LogP contribution in [-0.2, 0) is 0 Å². The third kappa shape index (κ3) is 14.9. The first-order valence-electron chi connectivity index (χ1n) is 5.46. The molecule has 0 nitrogen and oxygen atoms in total. The van der Waals surface area contributed by atoms with Crippen molar-refractivity contribution in [1.29, 1.82) is 0 Å². The molecular formula is C16H23. The Morgan fingerprint density at radius 3 is 1.62 bits per heavy atom. The highest BCUT2D eigenvalue weighted by atomic mass is 13.8. The lowest BCUT2D eigenvalue weighted by Crippen LogP contribution is -1.63. The van der Waals surface area contributed by atoms with Crippen molar-refractivity contribution in [2.75, 3.05) is 0 Å². The minimum atomic E-state index is 1.07. The summed E-state index contributed by atoms with van der Waals surface area (Å²) in [6, 6.07) is 10.0. The number of hydrogen-bond acceptors (Lipinski definition) is 0. The number of hydrogen-bond donors (Lipinski definition) is 0. The molecule has 0 aromatic heterocycles. The van der Waals surface area contributed by atoms with E-state index in [1.807, 2.05) is 36.4 Å². The Labute approximate surface area is 101 Å². The molecule has 0 saturated heterocycles. The fourth-order valence-electron chi connectivity index (χ4n) is 0.589. The van der Waals surface area contributed by atoms with Gasteiger partial charge in [-0.1, -0.05) is 95.0 Å². The molecule has 1 aromatic rings. The van der Waals surface area contributed by atoms with Crippen LogP contribution in [0.1, 0.15) is 25.3 Å². The molecule has 0 N–H and O–H groups in total. The highest BCUT2D eigenvalue weighted by Crippen LogP contribution is 1.97. The summed E-state index contributed by atoms with van der Waals surface area (Å²) in [7, 11) is 0. The molecule has 16 heavy (non-hydrogen) atoms. The first-order valence-corrected chi connectivity index (χ1v) is 5.46. The molecule has 0 heteroatoms. The topological polar surface area (TPSA) is 0 Å². The van der Waals surface area contributed by atoms with E-state index >= 15 is 0 Å². The van der Waals surface area contributed by atoms with Gasteiger partial charge in [0.05, 0.1) is 0 Å². The van der Waals surface area contributed by atoms with E-state index in [2.05, 4.69) is 33.6 Å². The monoisotopic (exact) mass is 215 g/mol. The summed E-state index contributed by atoms with van der Waals surface area (Å²) < 4.78 is 0. The average molecular weight is 215 g/mol. The highest BCUT2D eigenvalue weighted by molar-refractivity contribution is 5.45. The van der Waals surface area contributed by atoms with Crippen molar-refractivity contribution in [3.8, 4) is 0 Å². The van der Waals surface area contributed by atoms with Gasteiger partial charge in [0.2, 0.25) is 0 Å². The molecule has 0 bridgehead atoms. The standard InChI is InChI=1S/C8H8.C4H9.C4H6/c1-2-8-6-4-3-5-7-8;2*1-3-4-2/h2-7H,1H2;1,3-4H2,2H3;3-4H,1-2H2. The van der Waals surface area contributed by atoms with Gasteiger partial charge in [-0.15, -0.1) is 0 Å². The Kier molecular flexibility index (Phi) is 16.7. The molecule has 0 aliphatic heterocycles. The molecule has 1 aromatic carbocycles. The fourth-order valence-corrected chi connectivity index (χ4v) is 0.589. The summed E-state index contributed by atoms with van der Waals surface area (Å²) in [6.45, 7) is 16.1. The lowest BCUT2D eigenvalue weighted by atomic mass is 10.2. The van der Waals surface area contributed by atoms with E-state index in [-0.39, 0.29) is 0 Å². The molecule has 0 unspecified atom stereocenters. The predicted molar refractivity (Wildman–Crippen MR) is 77.2 cm³/mol. The molecule has 0 aliphatic rings. The summed E-state index contributed by atoms with van der Waals surface area (Å²) in [5.41, 5.74) is 1.17. The molecule has 0 fully saturated rings. The maximum absolute atomic E-state index is 3.63. The fraction of sp³-hybridized carbons (Fsp3) is 0.188. The van der Waals surface area contributed by atoms with E-state index in [1.165, 1.54) is 12.0 Å². The van der Waals surface area contributed by atoms with Gasteiger partial charge in [0.15, 0.2) is 0 Å². The third-order valence-electron chi connectivity index (χ3n) is 1.56. The predicted octanol–water partition coefficient (Wildman–Crippen LogP) is 5.31. The van der Waals surface area contributed by atoms with Crippen LogP contribution < -0.4 is 0 Å². The van der Waals surface area contributed by atoms with Crippen LogP contribution in [-0.4, -0.2) is 0 Å². The van der Waals surface area contributed by atoms with Crippen molar-refractivity contribution in [1.82, 2.24) is 0 Å². The molecule has 0 saturated carbocycles. The lowest BCUT2D eigenvalue weighted by molar-refractivity contribution is 0.956. The molecule has 1 radical (unpaired) electrons. The van der Waals surface area contributed by atoms with Crippen molar-refractivity contribution in [3.05, 3.63) is 74.7 Å². The zero-order chi connectivity index (χ0) is 12.6. The first kappa shape index (κ1) is 16.9. The van der Waals surface area contributed by atoms with Gasteiger partial charge in [-0.2, -0.15) is 0 Å². The Morgan fingerprint density at radius 2 is 1.44 bits per heavy atom. The van der Waals surface area contributed by atoms with Gasteiger partial charge in [-0.05, 0) is 5.56 Å². The average Bonchev–Trinajstić information content (AvgIpc) is 2.40. The van der Waals surface area contributed by atoms with Crippen LogP contribution in [0, 0.1) is 6.92 Å². The summed E-state index contributed by atoms with van der Waals surface area (Å²) in [4.78, 5) is 0. The quantitative estimate of drug-likeness (QED) is 0.599. The highest BCUT2D eigenvalue weighted by Gasteiger charge is 1.75. The zero-order valence-corrected chi connectivity index (χ0v) is 10.4. The van der Waals surface area contributed by atoms with Crippen LogP contribution in [0.4, 0.5) is 0 Å². The summed E-state index contributed by atoms with van der Waals surface area (Å²) >= 11 is 0. The van der Waals surface area contributed by atoms with Gasteiger partial charge in [0, 0.05) is 0 Å². The largest absolute Gasteiger partial charge is 0.0991 e. The first-order chi connectivity index (χ1) is 7.76. The third-order valence-corrected chi connectivity index (χ3v) is 1.56. The molecule has 1 rings (SSSR count).